The molecule has 1 aromatic carbocycles. The third kappa shape index (κ3) is 4.38. The number of benzene rings is 1. The third-order valence-corrected chi connectivity index (χ3v) is 3.16. The van der Waals surface area contributed by atoms with Crippen molar-refractivity contribution in [2.24, 2.45) is 0 Å². The lowest BCUT2D eigenvalue weighted by molar-refractivity contribution is 0.289. The minimum Gasteiger partial charge on any atom is -0.492 e. The molecule has 0 aliphatic rings. The van der Waals surface area contributed by atoms with E-state index in [-0.39, 0.29) is 0 Å². The minimum absolute atomic E-state index is 0.633. The van der Waals surface area contributed by atoms with E-state index in [1.54, 1.807) is 0 Å². The number of aryl methyl sites for hydroxylation is 1. The second kappa shape index (κ2) is 7.70. The van der Waals surface area contributed by atoms with E-state index in [4.69, 9.17) is 4.74 Å². The molecule has 0 spiro atoms. The Morgan fingerprint density at radius 2 is 2.20 bits per heavy atom. The maximum Gasteiger partial charge on any atom is 0.119 e. The number of nitrogens with one attached hydrogen (secondary N) is 1. The van der Waals surface area contributed by atoms with Crippen LogP contribution in [0.3, 0.4) is 0 Å². The molecule has 0 aliphatic carbocycles. The lowest BCUT2D eigenvalue weighted by Gasteiger charge is -2.09. The van der Waals surface area contributed by atoms with Crippen LogP contribution in [0, 0.1) is 6.92 Å². The zero-order valence-corrected chi connectivity index (χ0v) is 12.3. The molecule has 108 valence electrons. The van der Waals surface area contributed by atoms with Crippen LogP contribution in [0.2, 0.25) is 0 Å². The summed E-state index contributed by atoms with van der Waals surface area (Å²) in [5, 5.41) is 7.64. The van der Waals surface area contributed by atoms with Crippen LogP contribution >= 0.6 is 0 Å². The lowest BCUT2D eigenvalue weighted by Crippen LogP contribution is -2.14. The van der Waals surface area contributed by atoms with Gasteiger partial charge >= 0.3 is 0 Å². The first-order chi connectivity index (χ1) is 9.79. The molecular weight excluding hydrogens is 250 g/mol. The van der Waals surface area contributed by atoms with Gasteiger partial charge in [0.2, 0.25) is 0 Å². The van der Waals surface area contributed by atoms with Crippen molar-refractivity contribution in [2.75, 3.05) is 13.2 Å². The first-order valence-corrected chi connectivity index (χ1v) is 7.20. The van der Waals surface area contributed by atoms with Crippen LogP contribution in [-0.4, -0.2) is 22.9 Å². The largest absolute Gasteiger partial charge is 0.492 e. The van der Waals surface area contributed by atoms with Gasteiger partial charge in [-0.25, -0.2) is 0 Å². The molecule has 1 heterocycles. The second-order valence-corrected chi connectivity index (χ2v) is 4.87. The fraction of sp³-hybridized carbons (Fsp3) is 0.438. The Balaban J connectivity index is 1.80. The van der Waals surface area contributed by atoms with Crippen LogP contribution in [0.25, 0.3) is 0 Å². The molecule has 0 fully saturated rings. The van der Waals surface area contributed by atoms with E-state index in [2.05, 4.69) is 29.5 Å². The van der Waals surface area contributed by atoms with Gasteiger partial charge in [-0.3, -0.25) is 4.68 Å². The summed E-state index contributed by atoms with van der Waals surface area (Å²) in [6, 6.07) is 10.3. The monoisotopic (exact) mass is 273 g/mol. The van der Waals surface area contributed by atoms with Crippen LogP contribution in [-0.2, 0) is 13.1 Å². The number of hydrogen-bond donors (Lipinski definition) is 1. The van der Waals surface area contributed by atoms with Gasteiger partial charge in [0.1, 0.15) is 12.4 Å². The van der Waals surface area contributed by atoms with Gasteiger partial charge in [0.05, 0.1) is 6.54 Å². The Labute approximate surface area is 120 Å². The number of hydrogen-bond acceptors (Lipinski definition) is 3. The summed E-state index contributed by atoms with van der Waals surface area (Å²) in [6.45, 7) is 7.56. The van der Waals surface area contributed by atoms with E-state index in [9.17, 15) is 0 Å². The Morgan fingerprint density at radius 3 is 2.95 bits per heavy atom. The van der Waals surface area contributed by atoms with Gasteiger partial charge < -0.3 is 10.1 Å². The van der Waals surface area contributed by atoms with Gasteiger partial charge in [-0.05, 0) is 43.7 Å². The smallest absolute Gasteiger partial charge is 0.119 e. The topological polar surface area (TPSA) is 39.1 Å². The van der Waals surface area contributed by atoms with Crippen LogP contribution in [0.15, 0.2) is 36.5 Å². The first kappa shape index (κ1) is 14.6. The molecule has 0 saturated heterocycles. The molecule has 1 aromatic heterocycles. The molecule has 20 heavy (non-hydrogen) atoms. The summed E-state index contributed by atoms with van der Waals surface area (Å²) < 4.78 is 7.74. The van der Waals surface area contributed by atoms with Crippen molar-refractivity contribution in [3.63, 3.8) is 0 Å². The standard InChI is InChI=1S/C16H23N3O/c1-3-8-17-13-15-5-4-6-16(12-15)20-11-10-19-14(2)7-9-18-19/h4-7,9,12,17H,3,8,10-11,13H2,1-2H3. The average molecular weight is 273 g/mol. The molecule has 2 rings (SSSR count). The van der Waals surface area contributed by atoms with Gasteiger partial charge in [0, 0.05) is 18.4 Å². The first-order valence-electron chi connectivity index (χ1n) is 7.20. The quantitative estimate of drug-likeness (QED) is 0.752. The number of ether oxygens (including phenoxy) is 1. The fourth-order valence-electron chi connectivity index (χ4n) is 2.04. The Kier molecular flexibility index (Phi) is 5.62. The predicted octanol–water partition coefficient (Wildman–Crippen LogP) is 2.77. The number of nitrogens with zero attached hydrogens (tertiary/aromatic N) is 2. The highest BCUT2D eigenvalue weighted by atomic mass is 16.5. The molecule has 4 nitrogen and oxygen atoms in total. The van der Waals surface area contributed by atoms with Crippen LogP contribution < -0.4 is 10.1 Å². The summed E-state index contributed by atoms with van der Waals surface area (Å²) in [6.07, 6.45) is 2.97. The number of rotatable bonds is 8. The predicted molar refractivity (Wildman–Crippen MR) is 80.9 cm³/mol. The molecule has 0 amide bonds. The molecule has 0 radical (unpaired) electrons. The molecule has 1 N–H and O–H groups in total. The molecular formula is C16H23N3O. The van der Waals surface area contributed by atoms with E-state index >= 15 is 0 Å². The van der Waals surface area contributed by atoms with Crippen molar-refractivity contribution in [1.82, 2.24) is 15.1 Å². The lowest BCUT2D eigenvalue weighted by atomic mass is 10.2. The van der Waals surface area contributed by atoms with Gasteiger partial charge in [-0.2, -0.15) is 5.10 Å². The van der Waals surface area contributed by atoms with Crippen LogP contribution in [0.4, 0.5) is 0 Å². The fourth-order valence-corrected chi connectivity index (χ4v) is 2.04. The molecule has 0 saturated carbocycles. The highest BCUT2D eigenvalue weighted by molar-refractivity contribution is 5.28. The van der Waals surface area contributed by atoms with Gasteiger partial charge in [-0.15, -0.1) is 0 Å². The second-order valence-electron chi connectivity index (χ2n) is 4.87. The van der Waals surface area contributed by atoms with Crippen LogP contribution in [0.5, 0.6) is 5.75 Å². The summed E-state index contributed by atoms with van der Waals surface area (Å²) in [7, 11) is 0. The van der Waals surface area contributed by atoms with Gasteiger partial charge in [0.15, 0.2) is 0 Å². The summed E-state index contributed by atoms with van der Waals surface area (Å²) in [5.41, 5.74) is 2.41. The molecule has 2 aromatic rings. The van der Waals surface area contributed by atoms with E-state index in [1.807, 2.05) is 36.0 Å². The average Bonchev–Trinajstić information content (AvgIpc) is 2.85. The van der Waals surface area contributed by atoms with E-state index in [0.717, 1.165) is 37.5 Å². The van der Waals surface area contributed by atoms with E-state index < -0.39 is 0 Å². The van der Waals surface area contributed by atoms with Gasteiger partial charge in [-0.1, -0.05) is 19.1 Å². The Morgan fingerprint density at radius 1 is 1.30 bits per heavy atom. The molecule has 0 bridgehead atoms. The SMILES string of the molecule is CCCNCc1cccc(OCCn2nccc2C)c1. The zero-order valence-electron chi connectivity index (χ0n) is 12.3. The molecule has 0 atom stereocenters. The summed E-state index contributed by atoms with van der Waals surface area (Å²) in [5.74, 6) is 0.922. The van der Waals surface area contributed by atoms with Crippen molar-refractivity contribution >= 4 is 0 Å². The van der Waals surface area contributed by atoms with Crippen molar-refractivity contribution in [3.05, 3.63) is 47.8 Å². The van der Waals surface area contributed by atoms with Crippen molar-refractivity contribution in [3.8, 4) is 5.75 Å². The van der Waals surface area contributed by atoms with E-state index in [1.165, 1.54) is 5.56 Å². The zero-order chi connectivity index (χ0) is 14.2. The highest BCUT2D eigenvalue weighted by Crippen LogP contribution is 2.13. The third-order valence-electron chi connectivity index (χ3n) is 3.16. The normalized spacial score (nSPS) is 10.7. The van der Waals surface area contributed by atoms with Crippen molar-refractivity contribution in [1.29, 1.82) is 0 Å². The van der Waals surface area contributed by atoms with Crippen LogP contribution in [0.1, 0.15) is 24.6 Å². The molecule has 0 aliphatic heterocycles. The van der Waals surface area contributed by atoms with E-state index in [0.29, 0.717) is 6.61 Å². The van der Waals surface area contributed by atoms with Crippen molar-refractivity contribution < 1.29 is 4.74 Å². The minimum atomic E-state index is 0.633. The van der Waals surface area contributed by atoms with Gasteiger partial charge in [0.25, 0.3) is 0 Å². The molecule has 0 unspecified atom stereocenters. The Hall–Kier alpha value is -1.81. The number of aromatic nitrogens is 2. The maximum absolute atomic E-state index is 5.79. The molecule has 4 heteroatoms. The maximum atomic E-state index is 5.79. The highest BCUT2D eigenvalue weighted by Gasteiger charge is 1.99. The summed E-state index contributed by atoms with van der Waals surface area (Å²) >= 11 is 0. The summed E-state index contributed by atoms with van der Waals surface area (Å²) in [4.78, 5) is 0. The van der Waals surface area contributed by atoms with Crippen molar-refractivity contribution in [2.45, 2.75) is 33.4 Å². The Bertz CT molecular complexity index is 522.